The minimum Gasteiger partial charge on any atom is -0.0888 e. The van der Waals surface area contributed by atoms with Crippen LogP contribution in [0.5, 0.6) is 0 Å². The monoisotopic (exact) mass is 176 g/mol. The summed E-state index contributed by atoms with van der Waals surface area (Å²) in [5.41, 5.74) is 0. The zero-order valence-corrected chi connectivity index (χ0v) is 7.58. The molecule has 10 heavy (non-hydrogen) atoms. The third-order valence-electron chi connectivity index (χ3n) is 1.69. The molecular formula is C8H10Cl2. The van der Waals surface area contributed by atoms with Gasteiger partial charge in [0.15, 0.2) is 0 Å². The number of hydrogen-bond donors (Lipinski definition) is 0. The zero-order chi connectivity index (χ0) is 7.72. The van der Waals surface area contributed by atoms with Gasteiger partial charge in [0.25, 0.3) is 0 Å². The van der Waals surface area contributed by atoms with Gasteiger partial charge in [-0.1, -0.05) is 49.2 Å². The maximum atomic E-state index is 5.89. The van der Waals surface area contributed by atoms with Crippen LogP contribution in [0.25, 0.3) is 0 Å². The summed E-state index contributed by atoms with van der Waals surface area (Å²) in [5.74, 6) is 0.593. The molecule has 0 nitrogen and oxygen atoms in total. The molecule has 1 rings (SSSR count). The molecule has 0 aromatic heterocycles. The van der Waals surface area contributed by atoms with Crippen molar-refractivity contribution in [2.24, 2.45) is 11.8 Å². The van der Waals surface area contributed by atoms with Crippen molar-refractivity contribution in [2.45, 2.75) is 13.8 Å². The van der Waals surface area contributed by atoms with E-state index in [-0.39, 0.29) is 0 Å². The molecule has 0 aliphatic heterocycles. The Hall–Kier alpha value is 0.0600. The summed E-state index contributed by atoms with van der Waals surface area (Å²) in [4.78, 5) is 0. The van der Waals surface area contributed by atoms with Gasteiger partial charge < -0.3 is 0 Å². The fraction of sp³-hybridized carbons (Fsp3) is 0.500. The van der Waals surface area contributed by atoms with E-state index in [0.29, 0.717) is 11.8 Å². The Balaban J connectivity index is 2.81. The largest absolute Gasteiger partial charge is 0.0888 e. The third-order valence-corrected chi connectivity index (χ3v) is 2.63. The first kappa shape index (κ1) is 8.16. The molecule has 0 aromatic rings. The Labute approximate surface area is 71.5 Å². The highest BCUT2D eigenvalue weighted by molar-refractivity contribution is 6.32. The normalized spacial score (nSPS) is 33.2. The smallest absolute Gasteiger partial charge is 0.0213 e. The van der Waals surface area contributed by atoms with Crippen LogP contribution < -0.4 is 0 Å². The maximum Gasteiger partial charge on any atom is 0.0213 e. The van der Waals surface area contributed by atoms with Crippen molar-refractivity contribution in [3.8, 4) is 0 Å². The van der Waals surface area contributed by atoms with Crippen LogP contribution in [0, 0.1) is 11.8 Å². The van der Waals surface area contributed by atoms with Crippen LogP contribution in [0.4, 0.5) is 0 Å². The number of rotatable bonds is 0. The van der Waals surface area contributed by atoms with E-state index in [1.165, 1.54) is 0 Å². The molecule has 0 amide bonds. The highest BCUT2D eigenvalue weighted by Gasteiger charge is 2.14. The molecule has 0 heterocycles. The van der Waals surface area contributed by atoms with Gasteiger partial charge in [-0.3, -0.25) is 0 Å². The van der Waals surface area contributed by atoms with E-state index in [0.717, 1.165) is 10.1 Å². The first-order chi connectivity index (χ1) is 4.61. The quantitative estimate of drug-likeness (QED) is 0.531. The Bertz CT molecular complexity index is 169. The van der Waals surface area contributed by atoms with Gasteiger partial charge in [-0.15, -0.1) is 0 Å². The lowest BCUT2D eigenvalue weighted by atomic mass is 9.98. The summed E-state index contributed by atoms with van der Waals surface area (Å²) in [6.07, 6.45) is 3.99. The standard InChI is InChI=1S/C8H10Cl2/c1-5-3-8(10)6(2)4-7(5)9/h3-6H,1-2H3. The summed E-state index contributed by atoms with van der Waals surface area (Å²) < 4.78 is 0. The van der Waals surface area contributed by atoms with Crippen LogP contribution in [-0.2, 0) is 0 Å². The van der Waals surface area contributed by atoms with Crippen LogP contribution in [0.1, 0.15) is 13.8 Å². The molecule has 1 aliphatic carbocycles. The van der Waals surface area contributed by atoms with Crippen molar-refractivity contribution in [3.63, 3.8) is 0 Å². The lowest BCUT2D eigenvalue weighted by Gasteiger charge is -2.16. The molecule has 2 atom stereocenters. The molecule has 0 N–H and O–H groups in total. The van der Waals surface area contributed by atoms with Gasteiger partial charge in [-0.25, -0.2) is 0 Å². The summed E-state index contributed by atoms with van der Waals surface area (Å²) in [5, 5.41) is 1.80. The first-order valence-corrected chi connectivity index (χ1v) is 4.11. The fourth-order valence-electron chi connectivity index (χ4n) is 0.940. The Morgan fingerprint density at radius 2 is 1.30 bits per heavy atom. The predicted octanol–water partition coefficient (Wildman–Crippen LogP) is 3.52. The fourth-order valence-corrected chi connectivity index (χ4v) is 1.44. The Morgan fingerprint density at radius 1 is 1.00 bits per heavy atom. The van der Waals surface area contributed by atoms with Gasteiger partial charge >= 0.3 is 0 Å². The van der Waals surface area contributed by atoms with E-state index < -0.39 is 0 Å². The van der Waals surface area contributed by atoms with Gasteiger partial charge in [-0.2, -0.15) is 0 Å². The molecule has 0 bridgehead atoms. The molecule has 0 saturated heterocycles. The minimum absolute atomic E-state index is 0.297. The van der Waals surface area contributed by atoms with Crippen LogP contribution in [0.15, 0.2) is 22.2 Å². The average Bonchev–Trinajstić information content (AvgIpc) is 1.84. The summed E-state index contributed by atoms with van der Waals surface area (Å²) in [6, 6.07) is 0. The first-order valence-electron chi connectivity index (χ1n) is 3.35. The molecule has 0 radical (unpaired) electrons. The summed E-state index contributed by atoms with van der Waals surface area (Å²) in [7, 11) is 0. The van der Waals surface area contributed by atoms with Crippen LogP contribution in [0.2, 0.25) is 0 Å². The van der Waals surface area contributed by atoms with E-state index in [4.69, 9.17) is 23.2 Å². The number of allylic oxidation sites excluding steroid dienone is 4. The third kappa shape index (κ3) is 1.56. The van der Waals surface area contributed by atoms with Gasteiger partial charge in [0.2, 0.25) is 0 Å². The van der Waals surface area contributed by atoms with E-state index in [2.05, 4.69) is 0 Å². The van der Waals surface area contributed by atoms with Crippen LogP contribution in [0.3, 0.4) is 0 Å². The second-order valence-electron chi connectivity index (χ2n) is 2.68. The molecule has 0 saturated carbocycles. The Kier molecular flexibility index (Phi) is 2.43. The predicted molar refractivity (Wildman–Crippen MR) is 46.2 cm³/mol. The molecular weight excluding hydrogens is 167 g/mol. The van der Waals surface area contributed by atoms with E-state index >= 15 is 0 Å². The van der Waals surface area contributed by atoms with Gasteiger partial charge in [0.05, 0.1) is 0 Å². The second-order valence-corrected chi connectivity index (χ2v) is 3.55. The van der Waals surface area contributed by atoms with E-state index in [9.17, 15) is 0 Å². The van der Waals surface area contributed by atoms with Gasteiger partial charge in [-0.05, 0) is 0 Å². The highest BCUT2D eigenvalue weighted by Crippen LogP contribution is 2.31. The van der Waals surface area contributed by atoms with Crippen molar-refractivity contribution in [3.05, 3.63) is 22.2 Å². The Morgan fingerprint density at radius 3 is 1.60 bits per heavy atom. The molecule has 56 valence electrons. The minimum atomic E-state index is 0.297. The number of hydrogen-bond acceptors (Lipinski definition) is 0. The zero-order valence-electron chi connectivity index (χ0n) is 6.07. The van der Waals surface area contributed by atoms with Gasteiger partial charge in [0, 0.05) is 21.9 Å². The lowest BCUT2D eigenvalue weighted by Crippen LogP contribution is -2.02. The highest BCUT2D eigenvalue weighted by atomic mass is 35.5. The van der Waals surface area contributed by atoms with Crippen LogP contribution >= 0.6 is 23.2 Å². The maximum absolute atomic E-state index is 5.89. The summed E-state index contributed by atoms with van der Waals surface area (Å²) >= 11 is 11.8. The van der Waals surface area contributed by atoms with E-state index in [1.807, 2.05) is 26.0 Å². The molecule has 2 heteroatoms. The van der Waals surface area contributed by atoms with Crippen molar-refractivity contribution in [1.82, 2.24) is 0 Å². The number of halogens is 2. The molecule has 1 aliphatic rings. The molecule has 0 aromatic carbocycles. The van der Waals surface area contributed by atoms with Crippen molar-refractivity contribution >= 4 is 23.2 Å². The van der Waals surface area contributed by atoms with Crippen molar-refractivity contribution in [2.75, 3.05) is 0 Å². The molecule has 2 unspecified atom stereocenters. The SMILES string of the molecule is CC1C=C(Cl)C(C)C=C1Cl. The van der Waals surface area contributed by atoms with Crippen LogP contribution in [-0.4, -0.2) is 0 Å². The summed E-state index contributed by atoms with van der Waals surface area (Å²) in [6.45, 7) is 4.07. The van der Waals surface area contributed by atoms with Crippen molar-refractivity contribution in [1.29, 1.82) is 0 Å². The lowest BCUT2D eigenvalue weighted by molar-refractivity contribution is 0.799. The average molecular weight is 177 g/mol. The van der Waals surface area contributed by atoms with Gasteiger partial charge in [0.1, 0.15) is 0 Å². The molecule has 0 spiro atoms. The molecule has 0 fully saturated rings. The van der Waals surface area contributed by atoms with E-state index in [1.54, 1.807) is 0 Å². The second kappa shape index (κ2) is 2.98. The van der Waals surface area contributed by atoms with Crippen molar-refractivity contribution < 1.29 is 0 Å². The topological polar surface area (TPSA) is 0 Å².